The molecule has 0 unspecified atom stereocenters. The van der Waals surface area contributed by atoms with Crippen LogP contribution in [-0.2, 0) is 32.6 Å². The van der Waals surface area contributed by atoms with Gasteiger partial charge in [0.15, 0.2) is 0 Å². The molecule has 0 aromatic heterocycles. The summed E-state index contributed by atoms with van der Waals surface area (Å²) in [6, 6.07) is 22.6. The molecule has 0 bridgehead atoms. The van der Waals surface area contributed by atoms with Crippen LogP contribution in [0.1, 0.15) is 43.2 Å². The van der Waals surface area contributed by atoms with Crippen molar-refractivity contribution in [2.75, 3.05) is 17.1 Å². The van der Waals surface area contributed by atoms with Gasteiger partial charge in [0.05, 0.1) is 11.9 Å². The van der Waals surface area contributed by atoms with E-state index in [1.165, 1.54) is 4.90 Å². The minimum Gasteiger partial charge on any atom is -0.352 e. The topological polar surface area (TPSA) is 86.8 Å². The van der Waals surface area contributed by atoms with Crippen LogP contribution in [-0.4, -0.2) is 50.0 Å². The molecule has 1 saturated carbocycles. The minimum atomic E-state index is -3.82. The Kier molecular flexibility index (Phi) is 10.9. The number of halogens is 2. The maximum Gasteiger partial charge on any atom is 0.244 e. The molecule has 4 rings (SSSR count). The van der Waals surface area contributed by atoms with Gasteiger partial charge in [0.1, 0.15) is 12.6 Å². The zero-order chi connectivity index (χ0) is 29.4. The van der Waals surface area contributed by atoms with E-state index in [2.05, 4.69) is 21.2 Å². The number of benzene rings is 3. The van der Waals surface area contributed by atoms with Gasteiger partial charge in [-0.15, -0.1) is 0 Å². The fourth-order valence-electron chi connectivity index (χ4n) is 5.13. The Morgan fingerprint density at radius 1 is 0.951 bits per heavy atom. The average Bonchev–Trinajstić information content (AvgIpc) is 2.95. The first-order valence-electron chi connectivity index (χ1n) is 13.7. The number of hydrogen-bond donors (Lipinski definition) is 1. The predicted molar refractivity (Wildman–Crippen MR) is 167 cm³/mol. The quantitative estimate of drug-likeness (QED) is 0.275. The van der Waals surface area contributed by atoms with Crippen LogP contribution in [0.25, 0.3) is 0 Å². The van der Waals surface area contributed by atoms with Gasteiger partial charge in [-0.3, -0.25) is 13.9 Å². The van der Waals surface area contributed by atoms with Crippen molar-refractivity contribution in [3.63, 3.8) is 0 Å². The van der Waals surface area contributed by atoms with E-state index in [-0.39, 0.29) is 24.9 Å². The molecular formula is C31H35BrClN3O4S. The smallest absolute Gasteiger partial charge is 0.244 e. The molecule has 41 heavy (non-hydrogen) atoms. The zero-order valence-electron chi connectivity index (χ0n) is 23.0. The molecule has 1 N–H and O–H groups in total. The van der Waals surface area contributed by atoms with Gasteiger partial charge in [0, 0.05) is 28.5 Å². The Hall–Kier alpha value is -2.88. The highest BCUT2D eigenvalue weighted by Gasteiger charge is 2.34. The molecule has 0 heterocycles. The monoisotopic (exact) mass is 659 g/mol. The Morgan fingerprint density at radius 2 is 1.59 bits per heavy atom. The molecule has 7 nitrogen and oxygen atoms in total. The molecule has 1 fully saturated rings. The maximum atomic E-state index is 14.2. The molecule has 1 atom stereocenters. The average molecular weight is 661 g/mol. The van der Waals surface area contributed by atoms with E-state index >= 15 is 0 Å². The van der Waals surface area contributed by atoms with Crippen molar-refractivity contribution in [2.24, 2.45) is 0 Å². The number of rotatable bonds is 11. The third kappa shape index (κ3) is 8.80. The van der Waals surface area contributed by atoms with Gasteiger partial charge >= 0.3 is 0 Å². The van der Waals surface area contributed by atoms with Crippen LogP contribution in [0.4, 0.5) is 5.69 Å². The van der Waals surface area contributed by atoms with Crippen LogP contribution in [0, 0.1) is 0 Å². The van der Waals surface area contributed by atoms with Crippen LogP contribution < -0.4 is 9.62 Å². The summed E-state index contributed by atoms with van der Waals surface area (Å²) < 4.78 is 27.6. The lowest BCUT2D eigenvalue weighted by Crippen LogP contribution is -2.55. The second kappa shape index (κ2) is 14.3. The Morgan fingerprint density at radius 3 is 2.22 bits per heavy atom. The highest BCUT2D eigenvalue weighted by atomic mass is 79.9. The minimum absolute atomic E-state index is 0.0436. The third-order valence-corrected chi connectivity index (χ3v) is 9.35. The fraction of sp³-hybridized carbons (Fsp3) is 0.355. The molecular weight excluding hydrogens is 626 g/mol. The summed E-state index contributed by atoms with van der Waals surface area (Å²) in [7, 11) is -3.82. The first-order chi connectivity index (χ1) is 19.6. The molecule has 0 spiro atoms. The first kappa shape index (κ1) is 31.1. The summed E-state index contributed by atoms with van der Waals surface area (Å²) in [5, 5.41) is 3.66. The van der Waals surface area contributed by atoms with Crippen molar-refractivity contribution in [1.29, 1.82) is 0 Å². The Labute approximate surface area is 256 Å². The summed E-state index contributed by atoms with van der Waals surface area (Å²) in [5.74, 6) is -0.756. The summed E-state index contributed by atoms with van der Waals surface area (Å²) in [6.07, 6.45) is 6.38. The van der Waals surface area contributed by atoms with Gasteiger partial charge in [0.2, 0.25) is 21.8 Å². The number of hydrogen-bond acceptors (Lipinski definition) is 4. The summed E-state index contributed by atoms with van der Waals surface area (Å²) in [5.41, 5.74) is 1.91. The van der Waals surface area contributed by atoms with E-state index in [9.17, 15) is 18.0 Å². The molecule has 1 aliphatic carbocycles. The molecule has 0 radical (unpaired) electrons. The number of amides is 2. The van der Waals surface area contributed by atoms with Crippen LogP contribution in [0.3, 0.4) is 0 Å². The van der Waals surface area contributed by atoms with Crippen molar-refractivity contribution >= 4 is 55.1 Å². The van der Waals surface area contributed by atoms with Crippen molar-refractivity contribution in [3.8, 4) is 0 Å². The first-order valence-corrected chi connectivity index (χ1v) is 16.7. The summed E-state index contributed by atoms with van der Waals surface area (Å²) >= 11 is 9.88. The third-order valence-electron chi connectivity index (χ3n) is 7.31. The largest absolute Gasteiger partial charge is 0.352 e. The normalized spacial score (nSPS) is 14.7. The molecule has 1 aliphatic rings. The van der Waals surface area contributed by atoms with E-state index < -0.39 is 28.5 Å². The summed E-state index contributed by atoms with van der Waals surface area (Å²) in [6.45, 7) is -0.418. The maximum absolute atomic E-state index is 14.2. The van der Waals surface area contributed by atoms with E-state index in [1.807, 2.05) is 42.5 Å². The Bertz CT molecular complexity index is 1430. The molecule has 0 aliphatic heterocycles. The number of nitrogens with one attached hydrogen (secondary N) is 1. The van der Waals surface area contributed by atoms with Crippen molar-refractivity contribution in [2.45, 2.75) is 57.2 Å². The molecule has 2 amide bonds. The second-order valence-electron chi connectivity index (χ2n) is 10.4. The molecule has 0 saturated heterocycles. The number of carbonyl (C=O) groups is 2. The van der Waals surface area contributed by atoms with Gasteiger partial charge in [0.25, 0.3) is 0 Å². The number of carbonyl (C=O) groups excluding carboxylic acids is 2. The van der Waals surface area contributed by atoms with Gasteiger partial charge in [-0.25, -0.2) is 8.42 Å². The molecule has 10 heteroatoms. The van der Waals surface area contributed by atoms with Gasteiger partial charge < -0.3 is 10.2 Å². The fourth-order valence-corrected chi connectivity index (χ4v) is 6.44. The highest BCUT2D eigenvalue weighted by molar-refractivity contribution is 9.10. The van der Waals surface area contributed by atoms with E-state index in [0.29, 0.717) is 16.3 Å². The van der Waals surface area contributed by atoms with E-state index in [4.69, 9.17) is 11.6 Å². The van der Waals surface area contributed by atoms with Crippen LogP contribution in [0.5, 0.6) is 0 Å². The van der Waals surface area contributed by atoms with Gasteiger partial charge in [-0.1, -0.05) is 95.3 Å². The lowest BCUT2D eigenvalue weighted by molar-refractivity contribution is -0.140. The van der Waals surface area contributed by atoms with Crippen LogP contribution in [0.15, 0.2) is 83.3 Å². The van der Waals surface area contributed by atoms with Crippen molar-refractivity contribution < 1.29 is 18.0 Å². The predicted octanol–water partition coefficient (Wildman–Crippen LogP) is 5.96. The zero-order valence-corrected chi connectivity index (χ0v) is 26.2. The van der Waals surface area contributed by atoms with Crippen LogP contribution in [0.2, 0.25) is 5.02 Å². The van der Waals surface area contributed by atoms with Gasteiger partial charge in [-0.2, -0.15) is 0 Å². The standard InChI is InChI=1S/C31H35BrClN3O4S/c1-41(39,40)36(27-18-16-25(32)17-19-27)22-30(37)35(21-24-12-8-9-15-28(24)33)29(20-23-10-4-2-5-11-23)31(38)34-26-13-6-3-7-14-26/h2,4-5,8-12,15-19,26,29H,3,6-7,13-14,20-22H2,1H3,(H,34,38)/t29-/m0/s1. The second-order valence-corrected chi connectivity index (χ2v) is 13.6. The molecule has 3 aromatic rings. The van der Waals surface area contributed by atoms with Gasteiger partial charge in [-0.05, 0) is 54.3 Å². The lowest BCUT2D eigenvalue weighted by atomic mass is 9.94. The van der Waals surface area contributed by atoms with Crippen molar-refractivity contribution in [3.05, 3.63) is 99.5 Å². The number of nitrogens with zero attached hydrogens (tertiary/aromatic N) is 2. The lowest BCUT2D eigenvalue weighted by Gasteiger charge is -2.35. The Balaban J connectivity index is 1.72. The number of sulfonamides is 1. The SMILES string of the molecule is CS(=O)(=O)N(CC(=O)N(Cc1ccccc1Cl)[C@@H](Cc1ccccc1)C(=O)NC1CCCCC1)c1ccc(Br)cc1. The van der Waals surface area contributed by atoms with Crippen molar-refractivity contribution in [1.82, 2.24) is 10.2 Å². The molecule has 3 aromatic carbocycles. The van der Waals surface area contributed by atoms with E-state index in [0.717, 1.165) is 52.7 Å². The van der Waals surface area contributed by atoms with E-state index in [1.54, 1.807) is 36.4 Å². The van der Waals surface area contributed by atoms with Crippen LogP contribution >= 0.6 is 27.5 Å². The summed E-state index contributed by atoms with van der Waals surface area (Å²) in [4.78, 5) is 29.6. The molecule has 218 valence electrons. The number of anilines is 1. The highest BCUT2D eigenvalue weighted by Crippen LogP contribution is 2.25.